The zero-order valence-electron chi connectivity index (χ0n) is 25.2. The van der Waals surface area contributed by atoms with Gasteiger partial charge >= 0.3 is 6.16 Å². The Morgan fingerprint density at radius 3 is 2.11 bits per heavy atom. The third-order valence-electron chi connectivity index (χ3n) is 5.82. The molecule has 0 saturated carbocycles. The van der Waals surface area contributed by atoms with Gasteiger partial charge in [-0.25, -0.2) is 9.69 Å². The minimum absolute atomic E-state index is 0.0526. The predicted octanol–water partition coefficient (Wildman–Crippen LogP) is 3.68. The summed E-state index contributed by atoms with van der Waals surface area (Å²) in [5.41, 5.74) is 6.59. The van der Waals surface area contributed by atoms with Crippen molar-refractivity contribution in [3.63, 3.8) is 0 Å². The van der Waals surface area contributed by atoms with Gasteiger partial charge in [-0.15, -0.1) is 0 Å². The number of aliphatic imine (C=N–C) groups is 1. The normalized spacial score (nSPS) is 11.2. The Balaban J connectivity index is 1.54. The SMILES string of the molecule is COCCOCCOCCOCCOC(=O)OC[n+]1ccc(N(C#N)C(N)=NCCCCCCOc2ccc(Cl)cc2)cc1. The first-order chi connectivity index (χ1) is 21.5. The van der Waals surface area contributed by atoms with Crippen molar-refractivity contribution in [3.8, 4) is 11.9 Å². The lowest BCUT2D eigenvalue weighted by atomic mass is 10.2. The topological polar surface area (TPSA) is 151 Å². The van der Waals surface area contributed by atoms with Crippen LogP contribution in [0.1, 0.15) is 25.7 Å². The van der Waals surface area contributed by atoms with Crippen molar-refractivity contribution in [1.82, 2.24) is 0 Å². The molecule has 242 valence electrons. The first-order valence-corrected chi connectivity index (χ1v) is 14.8. The molecule has 0 aliphatic rings. The van der Waals surface area contributed by atoms with Gasteiger partial charge in [-0.1, -0.05) is 18.0 Å². The van der Waals surface area contributed by atoms with E-state index in [4.69, 9.17) is 50.5 Å². The Hall–Kier alpha value is -3.67. The average Bonchev–Trinajstić information content (AvgIpc) is 3.03. The molecule has 0 aliphatic carbocycles. The number of hydrogen-bond donors (Lipinski definition) is 1. The van der Waals surface area contributed by atoms with Crippen LogP contribution >= 0.6 is 11.6 Å². The third kappa shape index (κ3) is 16.8. The minimum Gasteiger partial charge on any atom is -0.494 e. The van der Waals surface area contributed by atoms with Crippen LogP contribution in [0.3, 0.4) is 0 Å². The molecule has 2 rings (SSSR count). The van der Waals surface area contributed by atoms with Gasteiger partial charge in [0.15, 0.2) is 18.6 Å². The first-order valence-electron chi connectivity index (χ1n) is 14.4. The summed E-state index contributed by atoms with van der Waals surface area (Å²) in [6.07, 6.45) is 8.25. The largest absolute Gasteiger partial charge is 0.513 e. The molecule has 0 unspecified atom stereocenters. The van der Waals surface area contributed by atoms with Gasteiger partial charge in [0.1, 0.15) is 12.4 Å². The van der Waals surface area contributed by atoms with Crippen LogP contribution in [-0.4, -0.2) is 85.2 Å². The van der Waals surface area contributed by atoms with Crippen molar-refractivity contribution >= 4 is 29.4 Å². The lowest BCUT2D eigenvalue weighted by Gasteiger charge is -2.13. The summed E-state index contributed by atoms with van der Waals surface area (Å²) in [4.78, 5) is 17.4. The Morgan fingerprint density at radius 1 is 0.864 bits per heavy atom. The number of pyridine rings is 1. The molecule has 1 heterocycles. The van der Waals surface area contributed by atoms with E-state index in [1.165, 1.54) is 4.90 Å². The number of nitrogens with two attached hydrogens (primary N) is 1. The number of nitrogens with zero attached hydrogens (tertiary/aromatic N) is 4. The maximum atomic E-state index is 11.8. The molecule has 0 amide bonds. The zero-order chi connectivity index (χ0) is 31.7. The van der Waals surface area contributed by atoms with Gasteiger partial charge in [0.2, 0.25) is 5.96 Å². The number of nitriles is 1. The molecule has 1 aromatic heterocycles. The number of ether oxygens (including phenoxy) is 7. The van der Waals surface area contributed by atoms with E-state index in [0.29, 0.717) is 63.5 Å². The molecule has 14 heteroatoms. The van der Waals surface area contributed by atoms with Gasteiger partial charge in [0, 0.05) is 30.8 Å². The summed E-state index contributed by atoms with van der Waals surface area (Å²) in [5, 5.41) is 10.3. The van der Waals surface area contributed by atoms with Crippen LogP contribution < -0.4 is 19.9 Å². The fourth-order valence-electron chi connectivity index (χ4n) is 3.52. The molecule has 2 aromatic rings. The van der Waals surface area contributed by atoms with E-state index in [1.807, 2.05) is 18.3 Å². The Labute approximate surface area is 263 Å². The second-order valence-electron chi connectivity index (χ2n) is 9.16. The van der Waals surface area contributed by atoms with Crippen LogP contribution in [-0.2, 0) is 35.2 Å². The van der Waals surface area contributed by atoms with Gasteiger partial charge in [-0.2, -0.15) is 9.83 Å². The second-order valence-corrected chi connectivity index (χ2v) is 9.60. The van der Waals surface area contributed by atoms with Gasteiger partial charge in [-0.3, -0.25) is 4.99 Å². The number of carbonyl (C=O) groups excluding carboxylic acids is 1. The highest BCUT2D eigenvalue weighted by Gasteiger charge is 2.13. The van der Waals surface area contributed by atoms with Crippen LogP contribution in [0.5, 0.6) is 5.75 Å². The van der Waals surface area contributed by atoms with Gasteiger partial charge in [0.05, 0.1) is 58.5 Å². The van der Waals surface area contributed by atoms with Crippen LogP contribution in [0.2, 0.25) is 5.02 Å². The summed E-state index contributed by atoms with van der Waals surface area (Å²) < 4.78 is 38.2. The van der Waals surface area contributed by atoms with Crippen molar-refractivity contribution in [2.45, 2.75) is 32.4 Å². The second kappa shape index (κ2) is 23.7. The van der Waals surface area contributed by atoms with Gasteiger partial charge in [-0.05, 0) is 43.5 Å². The number of guanidine groups is 1. The van der Waals surface area contributed by atoms with E-state index in [2.05, 4.69) is 4.99 Å². The highest BCUT2D eigenvalue weighted by atomic mass is 35.5. The van der Waals surface area contributed by atoms with Crippen LogP contribution in [0.15, 0.2) is 53.8 Å². The molecule has 0 bridgehead atoms. The summed E-state index contributed by atoms with van der Waals surface area (Å²) in [5.74, 6) is 0.911. The quantitative estimate of drug-likeness (QED) is 0.0362. The maximum absolute atomic E-state index is 11.8. The number of benzene rings is 1. The van der Waals surface area contributed by atoms with E-state index in [9.17, 15) is 10.1 Å². The highest BCUT2D eigenvalue weighted by molar-refractivity contribution is 6.30. The van der Waals surface area contributed by atoms with Gasteiger partial charge in [0.25, 0.3) is 6.73 Å². The Bertz CT molecular complexity index is 1120. The molecular weight excluding hydrogens is 594 g/mol. The molecular formula is C30H43ClN5O8+. The monoisotopic (exact) mass is 636 g/mol. The fraction of sp³-hybridized carbons (Fsp3) is 0.533. The minimum atomic E-state index is -0.821. The van der Waals surface area contributed by atoms with Crippen LogP contribution in [0, 0.1) is 11.5 Å². The van der Waals surface area contributed by atoms with E-state index < -0.39 is 6.16 Å². The van der Waals surface area contributed by atoms with E-state index in [-0.39, 0.29) is 25.9 Å². The standard InChI is InChI=1S/C30H43ClN5O8/c1-38-16-17-39-18-19-40-20-21-41-22-23-43-30(37)44-25-35-13-10-27(11-14-35)36(24-32)29(33)34-12-4-2-3-5-15-42-28-8-6-26(31)7-9-28/h6-11,13-14H,2-5,12,15-23,25H2,1H3,(H2,33,34)/q+1. The number of anilines is 1. The summed E-state index contributed by atoms with van der Waals surface area (Å²) >= 11 is 5.87. The number of rotatable bonds is 23. The molecule has 0 fully saturated rings. The molecule has 2 N–H and O–H groups in total. The maximum Gasteiger partial charge on any atom is 0.513 e. The summed E-state index contributed by atoms with van der Waals surface area (Å²) in [7, 11) is 1.62. The summed E-state index contributed by atoms with van der Waals surface area (Å²) in [6, 6.07) is 10.6. The van der Waals surface area contributed by atoms with E-state index in [1.54, 1.807) is 48.3 Å². The molecule has 0 spiro atoms. The lowest BCUT2D eigenvalue weighted by Crippen LogP contribution is -2.37. The lowest BCUT2D eigenvalue weighted by molar-refractivity contribution is -0.727. The van der Waals surface area contributed by atoms with Crippen molar-refractivity contribution in [3.05, 3.63) is 53.8 Å². The number of hydrogen-bond acceptors (Lipinski definition) is 10. The number of unbranched alkanes of at least 4 members (excludes halogenated alkanes) is 3. The average molecular weight is 637 g/mol. The van der Waals surface area contributed by atoms with Crippen molar-refractivity contribution < 1.29 is 42.5 Å². The fourth-order valence-corrected chi connectivity index (χ4v) is 3.64. The van der Waals surface area contributed by atoms with Crippen LogP contribution in [0.4, 0.5) is 10.5 Å². The number of aromatic nitrogens is 1. The Kier molecular flexibility index (Phi) is 19.7. The molecule has 1 aromatic carbocycles. The number of halogens is 1. The van der Waals surface area contributed by atoms with Crippen LogP contribution in [0.25, 0.3) is 0 Å². The number of carbonyl (C=O) groups is 1. The number of methoxy groups -OCH3 is 1. The van der Waals surface area contributed by atoms with Gasteiger partial charge < -0.3 is 38.9 Å². The van der Waals surface area contributed by atoms with E-state index >= 15 is 0 Å². The van der Waals surface area contributed by atoms with Crippen molar-refractivity contribution in [2.24, 2.45) is 10.7 Å². The molecule has 0 aliphatic heterocycles. The molecule has 44 heavy (non-hydrogen) atoms. The summed E-state index contributed by atoms with van der Waals surface area (Å²) in [6.45, 7) is 4.17. The third-order valence-corrected chi connectivity index (χ3v) is 6.08. The zero-order valence-corrected chi connectivity index (χ0v) is 26.0. The van der Waals surface area contributed by atoms with Crippen molar-refractivity contribution in [2.75, 3.05) is 78.0 Å². The predicted molar refractivity (Wildman–Crippen MR) is 163 cm³/mol. The molecule has 13 nitrogen and oxygen atoms in total. The molecule has 0 radical (unpaired) electrons. The Morgan fingerprint density at radius 2 is 1.48 bits per heavy atom. The van der Waals surface area contributed by atoms with E-state index in [0.717, 1.165) is 31.4 Å². The highest BCUT2D eigenvalue weighted by Crippen LogP contribution is 2.16. The molecule has 0 saturated heterocycles. The molecule has 0 atom stereocenters. The smallest absolute Gasteiger partial charge is 0.494 e. The first kappa shape index (κ1) is 36.5. The van der Waals surface area contributed by atoms with Crippen molar-refractivity contribution in [1.29, 1.82) is 5.26 Å².